The number of pyridine rings is 1. The Morgan fingerprint density at radius 2 is 2.32 bits per heavy atom. The van der Waals surface area contributed by atoms with Gasteiger partial charge in [0.2, 0.25) is 0 Å². The molecule has 6 heteroatoms. The number of furan rings is 1. The molecule has 3 aromatic heterocycles. The van der Waals surface area contributed by atoms with Gasteiger partial charge in [0, 0.05) is 10.7 Å². The van der Waals surface area contributed by atoms with Crippen molar-refractivity contribution in [1.29, 1.82) is 0 Å². The molecule has 0 radical (unpaired) electrons. The fourth-order valence-corrected chi connectivity index (χ4v) is 3.01. The Hall–Kier alpha value is -2.08. The Kier molecular flexibility index (Phi) is 4.02. The first-order valence-electron chi connectivity index (χ1n) is 7.07. The van der Waals surface area contributed by atoms with Crippen LogP contribution in [0.5, 0.6) is 0 Å². The third-order valence-corrected chi connectivity index (χ3v) is 3.93. The maximum atomic E-state index is 12.6. The minimum absolute atomic E-state index is 0.154. The van der Waals surface area contributed by atoms with Crippen molar-refractivity contribution >= 4 is 27.5 Å². The third kappa shape index (κ3) is 2.66. The van der Waals surface area contributed by atoms with Gasteiger partial charge < -0.3 is 9.73 Å². The largest absolute Gasteiger partial charge is 0.467 e. The number of hydrogen-bond donors (Lipinski definition) is 1. The summed E-state index contributed by atoms with van der Waals surface area (Å²) < 4.78 is 8.00. The molecular weight excluding hydrogens is 346 g/mol. The van der Waals surface area contributed by atoms with Crippen molar-refractivity contribution in [3.8, 4) is 0 Å². The first-order valence-corrected chi connectivity index (χ1v) is 7.87. The van der Waals surface area contributed by atoms with E-state index in [4.69, 9.17) is 4.42 Å². The van der Waals surface area contributed by atoms with Gasteiger partial charge >= 0.3 is 0 Å². The smallest absolute Gasteiger partial charge is 0.270 e. The number of nitrogens with one attached hydrogen (secondary N) is 1. The van der Waals surface area contributed by atoms with Gasteiger partial charge in [0.1, 0.15) is 17.1 Å². The molecule has 3 heterocycles. The number of imidazole rings is 1. The van der Waals surface area contributed by atoms with Crippen LogP contribution in [0.3, 0.4) is 0 Å². The number of carbonyl (C=O) groups is 1. The molecule has 0 aliphatic heterocycles. The topological polar surface area (TPSA) is 59.5 Å². The molecule has 0 spiro atoms. The van der Waals surface area contributed by atoms with Crippen molar-refractivity contribution < 1.29 is 9.21 Å². The highest BCUT2D eigenvalue weighted by Crippen LogP contribution is 2.21. The molecule has 0 saturated heterocycles. The van der Waals surface area contributed by atoms with Crippen LogP contribution in [0.25, 0.3) is 5.65 Å². The summed E-state index contributed by atoms with van der Waals surface area (Å²) in [5.41, 5.74) is 3.20. The first-order chi connectivity index (χ1) is 10.6. The number of rotatable bonds is 4. The summed E-state index contributed by atoms with van der Waals surface area (Å²) in [5.74, 6) is 0.566. The molecule has 0 atom stereocenters. The van der Waals surface area contributed by atoms with E-state index in [0.29, 0.717) is 18.7 Å². The molecule has 0 fully saturated rings. The van der Waals surface area contributed by atoms with Gasteiger partial charge in [-0.2, -0.15) is 0 Å². The zero-order chi connectivity index (χ0) is 15.7. The fourth-order valence-electron chi connectivity index (χ4n) is 2.47. The molecule has 0 saturated carbocycles. The van der Waals surface area contributed by atoms with Gasteiger partial charge in [-0.3, -0.25) is 9.20 Å². The molecule has 3 aromatic rings. The van der Waals surface area contributed by atoms with Crippen LogP contribution in [0.2, 0.25) is 0 Å². The van der Waals surface area contributed by atoms with Crippen LogP contribution < -0.4 is 5.32 Å². The Labute approximate surface area is 136 Å². The number of aryl methyl sites for hydroxylation is 2. The van der Waals surface area contributed by atoms with Crippen molar-refractivity contribution in [3.63, 3.8) is 0 Å². The average Bonchev–Trinajstić information content (AvgIpc) is 3.11. The lowest BCUT2D eigenvalue weighted by Crippen LogP contribution is -2.25. The van der Waals surface area contributed by atoms with E-state index in [0.717, 1.165) is 27.1 Å². The van der Waals surface area contributed by atoms with E-state index in [1.165, 1.54) is 0 Å². The highest BCUT2D eigenvalue weighted by molar-refractivity contribution is 9.10. The maximum Gasteiger partial charge on any atom is 0.270 e. The zero-order valence-corrected chi connectivity index (χ0v) is 14.0. The van der Waals surface area contributed by atoms with E-state index in [1.54, 1.807) is 12.3 Å². The van der Waals surface area contributed by atoms with Crippen LogP contribution in [0, 0.1) is 6.92 Å². The molecule has 0 bridgehead atoms. The Morgan fingerprint density at radius 1 is 1.50 bits per heavy atom. The van der Waals surface area contributed by atoms with Crippen LogP contribution in [0.15, 0.2) is 39.5 Å². The van der Waals surface area contributed by atoms with Gasteiger partial charge in [0.05, 0.1) is 18.5 Å². The summed E-state index contributed by atoms with van der Waals surface area (Å²) in [5, 5.41) is 2.88. The standard InChI is InChI=1S/C16H16BrN3O2/c1-3-13-14(16(21)18-8-12-5-4-6-22-12)20-9-11(17)7-10(2)15(20)19-13/h4-7,9H,3,8H2,1-2H3,(H,18,21). The lowest BCUT2D eigenvalue weighted by Gasteiger charge is -2.06. The Morgan fingerprint density at radius 3 is 3.00 bits per heavy atom. The summed E-state index contributed by atoms with van der Waals surface area (Å²) in [6, 6.07) is 5.62. The summed E-state index contributed by atoms with van der Waals surface area (Å²) in [7, 11) is 0. The van der Waals surface area contributed by atoms with E-state index in [2.05, 4.69) is 26.2 Å². The van der Waals surface area contributed by atoms with Crippen molar-refractivity contribution in [3.05, 3.63) is 57.8 Å². The normalized spacial score (nSPS) is 11.0. The van der Waals surface area contributed by atoms with Crippen LogP contribution in [-0.4, -0.2) is 15.3 Å². The van der Waals surface area contributed by atoms with Gasteiger partial charge in [-0.15, -0.1) is 0 Å². The molecule has 3 rings (SSSR count). The average molecular weight is 362 g/mol. The van der Waals surface area contributed by atoms with Crippen LogP contribution in [-0.2, 0) is 13.0 Å². The second kappa shape index (κ2) is 5.96. The van der Waals surface area contributed by atoms with Crippen molar-refractivity contribution in [2.45, 2.75) is 26.8 Å². The molecule has 5 nitrogen and oxygen atoms in total. The summed E-state index contributed by atoms with van der Waals surface area (Å²) >= 11 is 3.47. The molecule has 1 amide bonds. The number of hydrogen-bond acceptors (Lipinski definition) is 3. The van der Waals surface area contributed by atoms with Gasteiger partial charge in [-0.25, -0.2) is 4.98 Å². The number of nitrogens with zero attached hydrogens (tertiary/aromatic N) is 2. The zero-order valence-electron chi connectivity index (χ0n) is 12.4. The second-order valence-corrected chi connectivity index (χ2v) is 5.97. The first kappa shape index (κ1) is 14.8. The van der Waals surface area contributed by atoms with E-state index in [-0.39, 0.29) is 5.91 Å². The number of carbonyl (C=O) groups excluding carboxylic acids is 1. The van der Waals surface area contributed by atoms with Crippen molar-refractivity contribution in [2.75, 3.05) is 0 Å². The predicted octanol–water partition coefficient (Wildman–Crippen LogP) is 3.49. The number of aromatic nitrogens is 2. The molecule has 22 heavy (non-hydrogen) atoms. The van der Waals surface area contributed by atoms with Crippen LogP contribution in [0.4, 0.5) is 0 Å². The highest BCUT2D eigenvalue weighted by Gasteiger charge is 2.19. The lowest BCUT2D eigenvalue weighted by molar-refractivity contribution is 0.0941. The number of halogens is 1. The Balaban J connectivity index is 1.99. The van der Waals surface area contributed by atoms with Gasteiger partial charge in [0.15, 0.2) is 0 Å². The molecule has 0 unspecified atom stereocenters. The van der Waals surface area contributed by atoms with Crippen LogP contribution in [0.1, 0.15) is 34.4 Å². The van der Waals surface area contributed by atoms with Gasteiger partial charge in [0.25, 0.3) is 5.91 Å². The minimum Gasteiger partial charge on any atom is -0.467 e. The van der Waals surface area contributed by atoms with E-state index in [1.807, 2.05) is 36.6 Å². The lowest BCUT2D eigenvalue weighted by atomic mass is 10.2. The fraction of sp³-hybridized carbons (Fsp3) is 0.250. The van der Waals surface area contributed by atoms with Crippen molar-refractivity contribution in [1.82, 2.24) is 14.7 Å². The van der Waals surface area contributed by atoms with Gasteiger partial charge in [-0.1, -0.05) is 6.92 Å². The van der Waals surface area contributed by atoms with E-state index < -0.39 is 0 Å². The minimum atomic E-state index is -0.154. The highest BCUT2D eigenvalue weighted by atomic mass is 79.9. The van der Waals surface area contributed by atoms with E-state index in [9.17, 15) is 4.79 Å². The second-order valence-electron chi connectivity index (χ2n) is 5.06. The molecule has 0 aliphatic rings. The summed E-state index contributed by atoms with van der Waals surface area (Å²) in [6.07, 6.45) is 4.16. The predicted molar refractivity (Wildman–Crippen MR) is 86.9 cm³/mol. The third-order valence-electron chi connectivity index (χ3n) is 3.50. The number of amides is 1. The summed E-state index contributed by atoms with van der Waals surface area (Å²) in [6.45, 7) is 4.34. The molecule has 1 N–H and O–H groups in total. The monoisotopic (exact) mass is 361 g/mol. The van der Waals surface area contributed by atoms with Crippen molar-refractivity contribution in [2.24, 2.45) is 0 Å². The van der Waals surface area contributed by atoms with Gasteiger partial charge in [-0.05, 0) is 53.0 Å². The van der Waals surface area contributed by atoms with Crippen LogP contribution >= 0.6 is 15.9 Å². The molecular formula is C16H16BrN3O2. The Bertz CT molecular complexity index is 822. The maximum absolute atomic E-state index is 12.6. The van der Waals surface area contributed by atoms with E-state index >= 15 is 0 Å². The summed E-state index contributed by atoms with van der Waals surface area (Å²) in [4.78, 5) is 17.2. The number of fused-ring (bicyclic) bond motifs is 1. The molecule has 0 aromatic carbocycles. The molecule has 114 valence electrons. The SMILES string of the molecule is CCc1nc2c(C)cc(Br)cn2c1C(=O)NCc1ccco1. The quantitative estimate of drug-likeness (QED) is 0.773. The molecule has 0 aliphatic carbocycles.